The van der Waals surface area contributed by atoms with Crippen molar-refractivity contribution in [3.05, 3.63) is 57.3 Å². The van der Waals surface area contributed by atoms with Gasteiger partial charge in [0.1, 0.15) is 0 Å². The number of anilines is 1. The Labute approximate surface area is 139 Å². The van der Waals surface area contributed by atoms with E-state index < -0.39 is 5.97 Å². The van der Waals surface area contributed by atoms with E-state index in [4.69, 9.17) is 4.74 Å². The average molecular weight is 329 g/mol. The highest BCUT2D eigenvalue weighted by Gasteiger charge is 2.06. The summed E-state index contributed by atoms with van der Waals surface area (Å²) in [5.74, 6) is -0.891. The van der Waals surface area contributed by atoms with Crippen molar-refractivity contribution >= 4 is 35.0 Å². The number of esters is 1. The van der Waals surface area contributed by atoms with Gasteiger partial charge >= 0.3 is 5.97 Å². The highest BCUT2D eigenvalue weighted by atomic mass is 32.1. The molecule has 0 unspecified atom stereocenters. The highest BCUT2D eigenvalue weighted by Crippen LogP contribution is 2.17. The molecule has 4 nitrogen and oxygen atoms in total. The SMILES string of the molecule is Cc1cc(C)cc(NC(=O)COC(=O)/C=C/c2sccc2C)c1. The third kappa shape index (κ3) is 5.38. The average Bonchev–Trinajstić information content (AvgIpc) is 2.87. The van der Waals surface area contributed by atoms with E-state index in [0.717, 1.165) is 21.6 Å². The second kappa shape index (κ2) is 7.74. The summed E-state index contributed by atoms with van der Waals surface area (Å²) in [6, 6.07) is 7.73. The molecule has 2 rings (SSSR count). The summed E-state index contributed by atoms with van der Waals surface area (Å²) < 4.78 is 4.94. The minimum Gasteiger partial charge on any atom is -0.452 e. The maximum Gasteiger partial charge on any atom is 0.331 e. The fourth-order valence-electron chi connectivity index (χ4n) is 2.13. The Kier molecular flexibility index (Phi) is 5.71. The van der Waals surface area contributed by atoms with Crippen LogP contribution in [-0.2, 0) is 14.3 Å². The topological polar surface area (TPSA) is 55.4 Å². The first kappa shape index (κ1) is 17.0. The predicted octanol–water partition coefficient (Wildman–Crippen LogP) is 3.87. The summed E-state index contributed by atoms with van der Waals surface area (Å²) in [7, 11) is 0. The standard InChI is InChI=1S/C18H19NO3S/c1-12-8-13(2)10-15(9-12)19-17(20)11-22-18(21)5-4-16-14(3)6-7-23-16/h4-10H,11H2,1-3H3,(H,19,20)/b5-4+. The lowest BCUT2D eigenvalue weighted by Gasteiger charge is -2.07. The second-order valence-corrected chi connectivity index (χ2v) is 6.28. The van der Waals surface area contributed by atoms with Crippen LogP contribution in [0.4, 0.5) is 5.69 Å². The molecule has 0 fully saturated rings. The van der Waals surface area contributed by atoms with Gasteiger partial charge in [-0.1, -0.05) is 6.07 Å². The number of amides is 1. The quantitative estimate of drug-likeness (QED) is 0.669. The predicted molar refractivity (Wildman–Crippen MR) is 93.6 cm³/mol. The van der Waals surface area contributed by atoms with Crippen LogP contribution in [0.15, 0.2) is 35.7 Å². The zero-order valence-corrected chi connectivity index (χ0v) is 14.2. The molecule has 1 amide bonds. The molecule has 120 valence electrons. The number of hydrogen-bond acceptors (Lipinski definition) is 4. The lowest BCUT2D eigenvalue weighted by atomic mass is 10.1. The van der Waals surface area contributed by atoms with E-state index in [1.807, 2.05) is 50.4 Å². The molecule has 5 heteroatoms. The van der Waals surface area contributed by atoms with Gasteiger partial charge in [0.25, 0.3) is 5.91 Å². The molecule has 0 aliphatic rings. The van der Waals surface area contributed by atoms with E-state index in [2.05, 4.69) is 5.32 Å². The molecule has 0 saturated heterocycles. The van der Waals surface area contributed by atoms with E-state index in [-0.39, 0.29) is 12.5 Å². The van der Waals surface area contributed by atoms with E-state index in [9.17, 15) is 9.59 Å². The lowest BCUT2D eigenvalue weighted by molar-refractivity contribution is -0.142. The van der Waals surface area contributed by atoms with Crippen LogP contribution in [0.3, 0.4) is 0 Å². The second-order valence-electron chi connectivity index (χ2n) is 5.33. The van der Waals surface area contributed by atoms with Crippen molar-refractivity contribution in [2.24, 2.45) is 0 Å². The number of benzene rings is 1. The molecule has 0 radical (unpaired) electrons. The number of carbonyl (C=O) groups is 2. The number of rotatable bonds is 5. The first-order valence-electron chi connectivity index (χ1n) is 7.21. The Morgan fingerprint density at radius 1 is 1.17 bits per heavy atom. The van der Waals surface area contributed by atoms with Gasteiger partial charge in [0.05, 0.1) is 0 Å². The molecule has 1 N–H and O–H groups in total. The summed E-state index contributed by atoms with van der Waals surface area (Å²) in [6.07, 6.45) is 3.03. The Bertz CT molecular complexity index is 726. The van der Waals surface area contributed by atoms with Crippen LogP contribution >= 0.6 is 11.3 Å². The minimum atomic E-state index is -0.534. The minimum absolute atomic E-state index is 0.306. The van der Waals surface area contributed by atoms with Crippen LogP contribution in [0.25, 0.3) is 6.08 Å². The van der Waals surface area contributed by atoms with E-state index in [1.165, 1.54) is 6.08 Å². The van der Waals surface area contributed by atoms with Gasteiger partial charge in [0.15, 0.2) is 6.61 Å². The summed E-state index contributed by atoms with van der Waals surface area (Å²) in [4.78, 5) is 24.4. The van der Waals surface area contributed by atoms with Crippen molar-refractivity contribution in [1.82, 2.24) is 0 Å². The maximum atomic E-state index is 11.8. The molecule has 2 aromatic rings. The van der Waals surface area contributed by atoms with Gasteiger partial charge in [-0.2, -0.15) is 0 Å². The Morgan fingerprint density at radius 3 is 2.48 bits per heavy atom. The van der Waals surface area contributed by atoms with E-state index >= 15 is 0 Å². The smallest absolute Gasteiger partial charge is 0.331 e. The zero-order chi connectivity index (χ0) is 16.8. The van der Waals surface area contributed by atoms with Gasteiger partial charge in [0.2, 0.25) is 0 Å². The molecule has 1 aromatic heterocycles. The number of nitrogens with one attached hydrogen (secondary N) is 1. The van der Waals surface area contributed by atoms with Gasteiger partial charge in [-0.25, -0.2) is 4.79 Å². The monoisotopic (exact) mass is 329 g/mol. The van der Waals surface area contributed by atoms with Gasteiger partial charge in [0, 0.05) is 16.6 Å². The van der Waals surface area contributed by atoms with Crippen LogP contribution in [-0.4, -0.2) is 18.5 Å². The number of carbonyl (C=O) groups excluding carboxylic acids is 2. The molecule has 0 bridgehead atoms. The number of thiophene rings is 1. The Balaban J connectivity index is 1.83. The third-order valence-electron chi connectivity index (χ3n) is 3.12. The molecule has 0 spiro atoms. The van der Waals surface area contributed by atoms with Crippen LogP contribution in [0.2, 0.25) is 0 Å². The first-order valence-corrected chi connectivity index (χ1v) is 8.09. The molecule has 0 aliphatic carbocycles. The van der Waals surface area contributed by atoms with Gasteiger partial charge < -0.3 is 10.1 Å². The Morgan fingerprint density at radius 2 is 1.87 bits per heavy atom. The van der Waals surface area contributed by atoms with E-state index in [0.29, 0.717) is 5.69 Å². The molecule has 0 atom stereocenters. The van der Waals surface area contributed by atoms with Crippen LogP contribution in [0, 0.1) is 20.8 Å². The zero-order valence-electron chi connectivity index (χ0n) is 13.4. The summed E-state index contributed by atoms with van der Waals surface area (Å²) >= 11 is 1.55. The first-order chi connectivity index (χ1) is 10.9. The molecular weight excluding hydrogens is 310 g/mol. The fraction of sp³-hybridized carbons (Fsp3) is 0.222. The van der Waals surface area contributed by atoms with Gasteiger partial charge in [-0.05, 0) is 67.1 Å². The summed E-state index contributed by atoms with van der Waals surface area (Å²) in [5, 5.41) is 4.68. The third-order valence-corrected chi connectivity index (χ3v) is 4.11. The van der Waals surface area contributed by atoms with Gasteiger partial charge in [-0.3, -0.25) is 4.79 Å². The largest absolute Gasteiger partial charge is 0.452 e. The van der Waals surface area contributed by atoms with E-state index in [1.54, 1.807) is 17.4 Å². The van der Waals surface area contributed by atoms with Crippen molar-refractivity contribution < 1.29 is 14.3 Å². The Hall–Kier alpha value is -2.40. The fourth-order valence-corrected chi connectivity index (χ4v) is 2.95. The molecule has 0 saturated carbocycles. The van der Waals surface area contributed by atoms with Crippen molar-refractivity contribution in [2.75, 3.05) is 11.9 Å². The lowest BCUT2D eigenvalue weighted by Crippen LogP contribution is -2.20. The maximum absolute atomic E-state index is 11.8. The molecular formula is C18H19NO3S. The summed E-state index contributed by atoms with van der Waals surface area (Å²) in [6.45, 7) is 5.58. The van der Waals surface area contributed by atoms with Crippen LogP contribution in [0.5, 0.6) is 0 Å². The molecule has 0 aliphatic heterocycles. The molecule has 1 heterocycles. The summed E-state index contributed by atoms with van der Waals surface area (Å²) in [5.41, 5.74) is 3.93. The highest BCUT2D eigenvalue weighted by molar-refractivity contribution is 7.11. The molecule has 1 aromatic carbocycles. The van der Waals surface area contributed by atoms with Crippen LogP contribution < -0.4 is 5.32 Å². The normalized spacial score (nSPS) is 10.7. The van der Waals surface area contributed by atoms with Gasteiger partial charge in [-0.15, -0.1) is 11.3 Å². The van der Waals surface area contributed by atoms with Crippen molar-refractivity contribution in [3.63, 3.8) is 0 Å². The van der Waals surface area contributed by atoms with Crippen molar-refractivity contribution in [1.29, 1.82) is 0 Å². The number of aryl methyl sites for hydroxylation is 3. The number of ether oxygens (including phenoxy) is 1. The number of hydrogen-bond donors (Lipinski definition) is 1. The van der Waals surface area contributed by atoms with Crippen LogP contribution in [0.1, 0.15) is 21.6 Å². The van der Waals surface area contributed by atoms with Crippen molar-refractivity contribution in [2.45, 2.75) is 20.8 Å². The molecule has 23 heavy (non-hydrogen) atoms. The van der Waals surface area contributed by atoms with Crippen molar-refractivity contribution in [3.8, 4) is 0 Å².